The number of anilines is 1. The number of hydrogen-bond donors (Lipinski definition) is 4. The predicted molar refractivity (Wildman–Crippen MR) is 201 cm³/mol. The maximum Gasteiger partial charge on any atom is 0.409 e. The number of benzene rings is 1. The van der Waals surface area contributed by atoms with E-state index >= 15 is 0 Å². The summed E-state index contributed by atoms with van der Waals surface area (Å²) in [7, 11) is 3.73. The minimum Gasteiger partial charge on any atom is -0.445 e. The molecule has 1 aromatic rings. The number of carbonyl (C=O) groups is 6. The second-order valence-corrected chi connectivity index (χ2v) is 14.9. The van der Waals surface area contributed by atoms with Gasteiger partial charge in [0.15, 0.2) is 0 Å². The Morgan fingerprint density at radius 2 is 1.54 bits per heavy atom. The molecule has 1 aliphatic rings. The van der Waals surface area contributed by atoms with Crippen molar-refractivity contribution in [2.75, 3.05) is 45.6 Å². The first-order valence-electron chi connectivity index (χ1n) is 18.3. The quantitative estimate of drug-likeness (QED) is 0.100. The van der Waals surface area contributed by atoms with Crippen LogP contribution in [-0.2, 0) is 30.5 Å². The molecule has 1 aromatic carbocycles. The predicted octanol–water partition coefficient (Wildman–Crippen LogP) is 4.39. The van der Waals surface area contributed by atoms with Gasteiger partial charge in [-0.1, -0.05) is 32.4 Å². The number of nitrogens with one attached hydrogen (secondary N) is 3. The van der Waals surface area contributed by atoms with Crippen molar-refractivity contribution in [2.45, 2.75) is 104 Å². The number of likely N-dealkylation sites (N-methyl/N-ethyl adjacent to an activating group) is 2. The third-order valence-corrected chi connectivity index (χ3v) is 9.37. The summed E-state index contributed by atoms with van der Waals surface area (Å²) in [6.07, 6.45) is 6.58. The summed E-state index contributed by atoms with van der Waals surface area (Å²) in [5, 5.41) is 8.69. The Bertz CT molecular complexity index is 1360. The van der Waals surface area contributed by atoms with E-state index < -0.39 is 12.1 Å². The van der Waals surface area contributed by atoms with Crippen LogP contribution in [0.5, 0.6) is 0 Å². The Balaban J connectivity index is 1.88. The van der Waals surface area contributed by atoms with Crippen LogP contribution in [-0.4, -0.2) is 102 Å². The fraction of sp³-hybridized carbons (Fsp3) is 0.632. The average Bonchev–Trinajstić information content (AvgIpc) is 3.40. The highest BCUT2D eigenvalue weighted by Crippen LogP contribution is 2.21. The topological polar surface area (TPSA) is 183 Å². The van der Waals surface area contributed by atoms with Crippen molar-refractivity contribution in [2.24, 2.45) is 17.6 Å². The number of rotatable bonds is 22. The largest absolute Gasteiger partial charge is 0.445 e. The SMILES string of the molecule is CC(C)[C@@H](CC[C@@H](CCCNC(N)=O)C(=O)Nc1ccc(COC(=O)N(C)CCN(C)C(C)(C)C)cc1)NC(=O)CCCCCN1C(=O)C=CC1=O. The Hall–Kier alpha value is -4.46. The molecule has 0 radical (unpaired) electrons. The van der Waals surface area contributed by atoms with Gasteiger partial charge in [-0.25, -0.2) is 9.59 Å². The summed E-state index contributed by atoms with van der Waals surface area (Å²) >= 11 is 0. The molecule has 0 saturated heterocycles. The second-order valence-electron chi connectivity index (χ2n) is 14.9. The molecular weight excluding hydrogens is 666 g/mol. The number of unbranched alkanes of at least 4 members (excludes halogenated alkanes) is 2. The lowest BCUT2D eigenvalue weighted by molar-refractivity contribution is -0.137. The lowest BCUT2D eigenvalue weighted by Crippen LogP contribution is -2.43. The van der Waals surface area contributed by atoms with Gasteiger partial charge in [-0.05, 0) is 90.0 Å². The summed E-state index contributed by atoms with van der Waals surface area (Å²) in [6, 6.07) is 6.37. The maximum absolute atomic E-state index is 13.5. The summed E-state index contributed by atoms with van der Waals surface area (Å²) in [5.74, 6) is -1.09. The fourth-order valence-electron chi connectivity index (χ4n) is 5.49. The van der Waals surface area contributed by atoms with E-state index in [1.165, 1.54) is 17.1 Å². The van der Waals surface area contributed by atoms with E-state index in [1.54, 1.807) is 36.2 Å². The van der Waals surface area contributed by atoms with Gasteiger partial charge < -0.3 is 31.3 Å². The van der Waals surface area contributed by atoms with Crippen LogP contribution in [0, 0.1) is 11.8 Å². The lowest BCUT2D eigenvalue weighted by atomic mass is 9.90. The van der Waals surface area contributed by atoms with Gasteiger partial charge >= 0.3 is 12.1 Å². The Kier molecular flexibility index (Phi) is 18.3. The van der Waals surface area contributed by atoms with Crippen molar-refractivity contribution in [1.82, 2.24) is 25.3 Å². The third-order valence-electron chi connectivity index (χ3n) is 9.37. The Morgan fingerprint density at radius 1 is 0.885 bits per heavy atom. The molecule has 1 aliphatic heterocycles. The molecule has 52 heavy (non-hydrogen) atoms. The smallest absolute Gasteiger partial charge is 0.409 e. The first-order chi connectivity index (χ1) is 24.5. The van der Waals surface area contributed by atoms with E-state index in [9.17, 15) is 28.8 Å². The number of nitrogens with two attached hydrogens (primary N) is 1. The molecule has 0 aliphatic carbocycles. The highest BCUT2D eigenvalue weighted by molar-refractivity contribution is 6.12. The van der Waals surface area contributed by atoms with Gasteiger partial charge in [0.2, 0.25) is 11.8 Å². The summed E-state index contributed by atoms with van der Waals surface area (Å²) < 4.78 is 5.48. The number of carbonyl (C=O) groups excluding carboxylic acids is 6. The summed E-state index contributed by atoms with van der Waals surface area (Å²) in [4.78, 5) is 78.3. The zero-order chi connectivity index (χ0) is 38.8. The monoisotopic (exact) mass is 727 g/mol. The number of ether oxygens (including phenoxy) is 1. The van der Waals surface area contributed by atoms with Crippen LogP contribution in [0.3, 0.4) is 0 Å². The van der Waals surface area contributed by atoms with Gasteiger partial charge in [0.05, 0.1) is 0 Å². The molecule has 0 saturated carbocycles. The number of hydrogen-bond acceptors (Lipinski definition) is 8. The van der Waals surface area contributed by atoms with E-state index in [-0.39, 0.29) is 53.7 Å². The number of nitrogens with zero attached hydrogens (tertiary/aromatic N) is 3. The Morgan fingerprint density at radius 3 is 2.13 bits per heavy atom. The van der Waals surface area contributed by atoms with Crippen LogP contribution in [0.1, 0.15) is 91.5 Å². The number of urea groups is 1. The lowest BCUT2D eigenvalue weighted by Gasteiger charge is -2.33. The van der Waals surface area contributed by atoms with Crippen LogP contribution >= 0.6 is 0 Å². The normalized spacial score (nSPS) is 14.1. The molecule has 5 N–H and O–H groups in total. The molecule has 0 unspecified atom stereocenters. The maximum atomic E-state index is 13.5. The van der Waals surface area contributed by atoms with Gasteiger partial charge in [-0.2, -0.15) is 0 Å². The van der Waals surface area contributed by atoms with Crippen molar-refractivity contribution in [3.8, 4) is 0 Å². The third kappa shape index (κ3) is 16.3. The fourth-order valence-corrected chi connectivity index (χ4v) is 5.49. The van der Waals surface area contributed by atoms with Gasteiger partial charge in [-0.15, -0.1) is 0 Å². The van der Waals surface area contributed by atoms with Crippen molar-refractivity contribution < 1.29 is 33.5 Å². The van der Waals surface area contributed by atoms with Gasteiger partial charge in [0.25, 0.3) is 11.8 Å². The molecular formula is C38H61N7O7. The van der Waals surface area contributed by atoms with E-state index in [4.69, 9.17) is 10.5 Å². The van der Waals surface area contributed by atoms with E-state index in [0.717, 1.165) is 5.56 Å². The second kappa shape index (κ2) is 21.8. The molecule has 0 aromatic heterocycles. The number of amides is 7. The first kappa shape index (κ1) is 43.7. The number of primary amides is 1. The standard InChI is InChI=1S/C38H61N7O7/c1-27(2)31(42-32(46)13-9-8-10-23-45-33(47)20-21-34(45)48)19-16-29(12-11-22-40-36(39)50)35(49)41-30-17-14-28(15-18-30)26-52-37(51)43(6)24-25-44(7)38(3,4)5/h14-15,17-18,20-21,27,29,31H,8-13,16,19,22-26H2,1-7H3,(H,41,49)(H,42,46)(H3,39,40,50)/t29-,31-/m1/s1. The van der Waals surface area contributed by atoms with E-state index in [1.807, 2.05) is 20.9 Å². The molecule has 14 heteroatoms. The molecule has 14 nitrogen and oxygen atoms in total. The average molecular weight is 728 g/mol. The van der Waals surface area contributed by atoms with Crippen molar-refractivity contribution in [3.63, 3.8) is 0 Å². The molecule has 7 amide bonds. The van der Waals surface area contributed by atoms with Crippen LogP contribution in [0.2, 0.25) is 0 Å². The highest BCUT2D eigenvalue weighted by Gasteiger charge is 2.25. The minimum absolute atomic E-state index is 0.00156. The Labute approximate surface area is 309 Å². The summed E-state index contributed by atoms with van der Waals surface area (Å²) in [5.41, 5.74) is 6.60. The molecule has 2 rings (SSSR count). The van der Waals surface area contributed by atoms with Gasteiger partial charge in [0.1, 0.15) is 6.61 Å². The van der Waals surface area contributed by atoms with E-state index in [2.05, 4.69) is 41.6 Å². The van der Waals surface area contributed by atoms with Gasteiger partial charge in [-0.3, -0.25) is 29.0 Å². The molecule has 290 valence electrons. The van der Waals surface area contributed by atoms with Crippen molar-refractivity contribution in [3.05, 3.63) is 42.0 Å². The van der Waals surface area contributed by atoms with Crippen molar-refractivity contribution in [1.29, 1.82) is 0 Å². The summed E-state index contributed by atoms with van der Waals surface area (Å²) in [6.45, 7) is 12.4. The minimum atomic E-state index is -0.621. The highest BCUT2D eigenvalue weighted by atomic mass is 16.6. The van der Waals surface area contributed by atoms with Crippen LogP contribution < -0.4 is 21.7 Å². The molecule has 0 spiro atoms. The first-order valence-corrected chi connectivity index (χ1v) is 18.3. The van der Waals surface area contributed by atoms with Crippen molar-refractivity contribution >= 4 is 41.4 Å². The molecule has 0 fully saturated rings. The van der Waals surface area contributed by atoms with Crippen LogP contribution in [0.4, 0.5) is 15.3 Å². The molecule has 0 bridgehead atoms. The number of imide groups is 1. The molecule has 2 atom stereocenters. The van der Waals surface area contributed by atoms with Gasteiger partial charge in [0, 0.05) is 75.0 Å². The zero-order valence-corrected chi connectivity index (χ0v) is 32.2. The zero-order valence-electron chi connectivity index (χ0n) is 32.2. The van der Waals surface area contributed by atoms with Crippen LogP contribution in [0.25, 0.3) is 0 Å². The van der Waals surface area contributed by atoms with E-state index in [0.29, 0.717) is 83.2 Å². The van der Waals surface area contributed by atoms with Crippen LogP contribution in [0.15, 0.2) is 36.4 Å². The molecule has 1 heterocycles.